The lowest BCUT2D eigenvalue weighted by Gasteiger charge is -2.34. The molecule has 1 N–H and O–H groups in total. The van der Waals surface area contributed by atoms with Crippen LogP contribution in [-0.2, 0) is 19.6 Å². The van der Waals surface area contributed by atoms with Gasteiger partial charge in [0, 0.05) is 26.2 Å². The minimum atomic E-state index is -3.63. The van der Waals surface area contributed by atoms with Crippen molar-refractivity contribution >= 4 is 22.0 Å². The fourth-order valence-corrected chi connectivity index (χ4v) is 5.50. The normalized spacial score (nSPS) is 16.1. The summed E-state index contributed by atoms with van der Waals surface area (Å²) in [6, 6.07) is 0. The summed E-state index contributed by atoms with van der Waals surface area (Å²) in [5.74, 6) is -0.473. The zero-order valence-electron chi connectivity index (χ0n) is 17.4. The van der Waals surface area contributed by atoms with Crippen molar-refractivity contribution in [3.63, 3.8) is 0 Å². The number of amides is 2. The van der Waals surface area contributed by atoms with Gasteiger partial charge in [-0.3, -0.25) is 15.0 Å². The van der Waals surface area contributed by atoms with Crippen LogP contribution in [0.15, 0.2) is 4.90 Å². The number of carbonyl (C=O) groups excluding carboxylic acids is 2. The third-order valence-electron chi connectivity index (χ3n) is 5.65. The van der Waals surface area contributed by atoms with Gasteiger partial charge in [0.05, 0.1) is 18.6 Å². The van der Waals surface area contributed by atoms with Crippen LogP contribution in [-0.4, -0.2) is 69.5 Å². The van der Waals surface area contributed by atoms with Gasteiger partial charge in [0.15, 0.2) is 0 Å². The fourth-order valence-electron chi connectivity index (χ4n) is 3.52. The molecular formula is C19H29N3O5S. The number of rotatable bonds is 4. The fraction of sp³-hybridized carbons (Fsp3) is 0.579. The van der Waals surface area contributed by atoms with E-state index in [9.17, 15) is 18.0 Å². The maximum absolute atomic E-state index is 13.3. The zero-order chi connectivity index (χ0) is 21.2. The summed E-state index contributed by atoms with van der Waals surface area (Å²) in [5.41, 5.74) is 4.70. The van der Waals surface area contributed by atoms with Gasteiger partial charge in [-0.25, -0.2) is 13.2 Å². The van der Waals surface area contributed by atoms with Crippen LogP contribution in [0.2, 0.25) is 0 Å². The quantitative estimate of drug-likeness (QED) is 0.805. The third-order valence-corrected chi connectivity index (χ3v) is 7.83. The van der Waals surface area contributed by atoms with Gasteiger partial charge in [0.2, 0.25) is 15.9 Å². The molecule has 1 aliphatic rings. The Bertz CT molecular complexity index is 858. The second-order valence-corrected chi connectivity index (χ2v) is 9.05. The molecule has 1 saturated heterocycles. The van der Waals surface area contributed by atoms with Gasteiger partial charge in [-0.15, -0.1) is 0 Å². The van der Waals surface area contributed by atoms with E-state index in [4.69, 9.17) is 0 Å². The third kappa shape index (κ3) is 4.37. The monoisotopic (exact) mass is 411 g/mol. The van der Waals surface area contributed by atoms with Crippen LogP contribution in [0.1, 0.15) is 27.8 Å². The van der Waals surface area contributed by atoms with Crippen molar-refractivity contribution in [2.24, 2.45) is 0 Å². The minimum absolute atomic E-state index is 0.0176. The molecule has 0 radical (unpaired) electrons. The molecule has 28 heavy (non-hydrogen) atoms. The maximum atomic E-state index is 13.3. The molecule has 0 unspecified atom stereocenters. The van der Waals surface area contributed by atoms with Crippen LogP contribution in [0.25, 0.3) is 0 Å². The highest BCUT2D eigenvalue weighted by Crippen LogP contribution is 2.31. The van der Waals surface area contributed by atoms with Crippen LogP contribution in [0, 0.1) is 34.6 Å². The molecule has 156 valence electrons. The van der Waals surface area contributed by atoms with Gasteiger partial charge in [-0.2, -0.15) is 4.31 Å². The molecule has 1 aromatic carbocycles. The molecule has 0 spiro atoms. The number of nitrogens with one attached hydrogen (secondary N) is 1. The molecule has 1 fully saturated rings. The molecule has 2 amide bonds. The number of alkyl carbamates (subject to hydrolysis) is 1. The van der Waals surface area contributed by atoms with Crippen molar-refractivity contribution < 1.29 is 22.7 Å². The number of carbonyl (C=O) groups is 2. The van der Waals surface area contributed by atoms with E-state index in [-0.39, 0.29) is 6.54 Å². The van der Waals surface area contributed by atoms with E-state index in [0.29, 0.717) is 31.1 Å². The van der Waals surface area contributed by atoms with Crippen LogP contribution < -0.4 is 5.32 Å². The van der Waals surface area contributed by atoms with Gasteiger partial charge in [0.1, 0.15) is 0 Å². The summed E-state index contributed by atoms with van der Waals surface area (Å²) < 4.78 is 32.5. The van der Waals surface area contributed by atoms with E-state index in [1.165, 1.54) is 11.4 Å². The summed E-state index contributed by atoms with van der Waals surface area (Å²) in [7, 11) is -2.44. The SMILES string of the molecule is COC(=O)NC(=O)CN1CCN(S(=O)(=O)c2c(C)c(C)c(C)c(C)c2C)CC1. The lowest BCUT2D eigenvalue weighted by molar-refractivity contribution is -0.121. The van der Waals surface area contributed by atoms with Crippen molar-refractivity contribution in [2.75, 3.05) is 39.8 Å². The van der Waals surface area contributed by atoms with E-state index < -0.39 is 22.0 Å². The highest BCUT2D eigenvalue weighted by molar-refractivity contribution is 7.89. The highest BCUT2D eigenvalue weighted by Gasteiger charge is 2.32. The Balaban J connectivity index is 2.14. The first-order valence-electron chi connectivity index (χ1n) is 9.18. The van der Waals surface area contributed by atoms with Crippen molar-refractivity contribution in [1.29, 1.82) is 0 Å². The van der Waals surface area contributed by atoms with E-state index >= 15 is 0 Å². The van der Waals surface area contributed by atoms with Crippen molar-refractivity contribution in [2.45, 2.75) is 39.5 Å². The molecule has 2 rings (SSSR count). The van der Waals surface area contributed by atoms with Gasteiger partial charge >= 0.3 is 6.09 Å². The van der Waals surface area contributed by atoms with E-state index in [0.717, 1.165) is 27.8 Å². The molecular weight excluding hydrogens is 382 g/mol. The van der Waals surface area contributed by atoms with E-state index in [1.54, 1.807) is 0 Å². The summed E-state index contributed by atoms with van der Waals surface area (Å²) >= 11 is 0. The first-order chi connectivity index (χ1) is 13.0. The number of hydrogen-bond acceptors (Lipinski definition) is 6. The lowest BCUT2D eigenvalue weighted by atomic mass is 9.95. The topological polar surface area (TPSA) is 96.0 Å². The van der Waals surface area contributed by atoms with Gasteiger partial charge < -0.3 is 4.74 Å². The zero-order valence-corrected chi connectivity index (χ0v) is 18.2. The van der Waals surface area contributed by atoms with Crippen molar-refractivity contribution in [3.05, 3.63) is 27.8 Å². The number of ether oxygens (including phenoxy) is 1. The molecule has 8 nitrogen and oxygen atoms in total. The molecule has 1 aromatic rings. The first-order valence-corrected chi connectivity index (χ1v) is 10.6. The smallest absolute Gasteiger partial charge is 0.413 e. The van der Waals surface area contributed by atoms with E-state index in [1.807, 2.05) is 39.5 Å². The molecule has 0 aromatic heterocycles. The number of benzene rings is 1. The standard InChI is InChI=1S/C19H29N3O5S/c1-12-13(2)15(4)18(16(5)14(12)3)28(25,26)22-9-7-21(8-10-22)11-17(23)20-19(24)27-6/h7-11H2,1-6H3,(H,20,23,24). The predicted octanol–water partition coefficient (Wildman–Crippen LogP) is 1.42. The average Bonchev–Trinajstić information content (AvgIpc) is 2.65. The lowest BCUT2D eigenvalue weighted by Crippen LogP contribution is -2.51. The molecule has 0 aliphatic carbocycles. The van der Waals surface area contributed by atoms with Crippen molar-refractivity contribution in [1.82, 2.24) is 14.5 Å². The molecule has 1 aliphatic heterocycles. The largest absolute Gasteiger partial charge is 0.453 e. The van der Waals surface area contributed by atoms with Crippen LogP contribution in [0.4, 0.5) is 4.79 Å². The molecule has 1 heterocycles. The molecule has 9 heteroatoms. The first kappa shape index (κ1) is 22.3. The number of sulfonamides is 1. The Morgan fingerprint density at radius 3 is 1.82 bits per heavy atom. The van der Waals surface area contributed by atoms with Crippen LogP contribution in [0.5, 0.6) is 0 Å². The van der Waals surface area contributed by atoms with Gasteiger partial charge in [-0.05, 0) is 62.4 Å². The number of piperazine rings is 1. The summed E-state index contributed by atoms with van der Waals surface area (Å²) in [4.78, 5) is 25.1. The Morgan fingerprint density at radius 2 is 1.36 bits per heavy atom. The number of nitrogens with zero attached hydrogens (tertiary/aromatic N) is 2. The molecule has 0 bridgehead atoms. The van der Waals surface area contributed by atoms with Gasteiger partial charge in [-0.1, -0.05) is 0 Å². The highest BCUT2D eigenvalue weighted by atomic mass is 32.2. The van der Waals surface area contributed by atoms with Crippen LogP contribution >= 0.6 is 0 Å². The van der Waals surface area contributed by atoms with Crippen LogP contribution in [0.3, 0.4) is 0 Å². The van der Waals surface area contributed by atoms with Gasteiger partial charge in [0.25, 0.3) is 0 Å². The second-order valence-electron chi connectivity index (χ2n) is 7.17. The van der Waals surface area contributed by atoms with E-state index in [2.05, 4.69) is 10.1 Å². The van der Waals surface area contributed by atoms with Crippen molar-refractivity contribution in [3.8, 4) is 0 Å². The molecule has 0 atom stereocenters. The average molecular weight is 412 g/mol. The Morgan fingerprint density at radius 1 is 0.893 bits per heavy atom. The number of hydrogen-bond donors (Lipinski definition) is 1. The maximum Gasteiger partial charge on any atom is 0.413 e. The number of methoxy groups -OCH3 is 1. The Labute approximate surface area is 166 Å². The summed E-state index contributed by atoms with van der Waals surface area (Å²) in [6.45, 7) is 11.1. The predicted molar refractivity (Wildman–Crippen MR) is 106 cm³/mol. The summed E-state index contributed by atoms with van der Waals surface area (Å²) in [5, 5.41) is 2.10. The Kier molecular flexibility index (Phi) is 6.84. The second kappa shape index (κ2) is 8.59. The molecule has 0 saturated carbocycles. The number of imide groups is 1. The Hall–Kier alpha value is -1.97. The summed E-state index contributed by atoms with van der Waals surface area (Å²) in [6.07, 6.45) is -0.803. The minimum Gasteiger partial charge on any atom is -0.453 e.